The van der Waals surface area contributed by atoms with Crippen LogP contribution in [-0.2, 0) is 120 Å². The summed E-state index contributed by atoms with van der Waals surface area (Å²) < 4.78 is 0. The van der Waals surface area contributed by atoms with E-state index in [0.717, 1.165) is 0 Å². The fraction of sp³-hybridized carbons (Fsp3) is 0.500. The molecule has 24 heteroatoms. The van der Waals surface area contributed by atoms with Crippen molar-refractivity contribution >= 4 is 47.8 Å². The fourth-order valence-electron chi connectivity index (χ4n) is 1.10. The molecule has 0 aliphatic heterocycles. The Morgan fingerprint density at radius 1 is 0.350 bits per heavy atom. The summed E-state index contributed by atoms with van der Waals surface area (Å²) in [5.41, 5.74) is 19.3. The Morgan fingerprint density at radius 2 is 0.450 bits per heavy atom. The van der Waals surface area contributed by atoms with Crippen molar-refractivity contribution in [1.29, 1.82) is 0 Å². The van der Waals surface area contributed by atoms with Crippen LogP contribution < -0.4 is 22.9 Å². The van der Waals surface area contributed by atoms with Gasteiger partial charge in [-0.05, 0) is 0 Å². The zero-order valence-corrected chi connectivity index (χ0v) is 25.8. The maximum atomic E-state index is 9.85. The molecular formula is C16H28N4O16Pd4. The molecule has 0 unspecified atom stereocenters. The van der Waals surface area contributed by atoms with Crippen molar-refractivity contribution in [1.82, 2.24) is 0 Å². The third-order valence-corrected chi connectivity index (χ3v) is 2.85. The number of carbonyl (C=O) groups is 8. The largest absolute Gasteiger partial charge is 0.481 e. The molecular weight excluding hydrogens is 930 g/mol. The van der Waals surface area contributed by atoms with E-state index in [0.29, 0.717) is 0 Å². The first-order valence-corrected chi connectivity index (χ1v) is 8.96. The summed E-state index contributed by atoms with van der Waals surface area (Å²) in [5, 5.41) is 64.1. The minimum absolute atomic E-state index is 0. The molecule has 0 amide bonds. The number of nitrogens with two attached hydrogens (primary N) is 4. The van der Waals surface area contributed by atoms with Gasteiger partial charge in [-0.1, -0.05) is 0 Å². The zero-order chi connectivity index (χ0) is 29.8. The van der Waals surface area contributed by atoms with Gasteiger partial charge in [0.1, 0.15) is 24.2 Å². The second-order valence-corrected chi connectivity index (χ2v) is 6.17. The molecule has 0 heterocycles. The van der Waals surface area contributed by atoms with Gasteiger partial charge in [-0.3, -0.25) is 38.4 Å². The molecule has 40 heavy (non-hydrogen) atoms. The number of hydrogen-bond acceptors (Lipinski definition) is 12. The minimum atomic E-state index is -1.29. The molecule has 20 nitrogen and oxygen atoms in total. The molecule has 0 rings (SSSR count). The molecule has 0 radical (unpaired) electrons. The second kappa shape index (κ2) is 33.5. The van der Waals surface area contributed by atoms with Gasteiger partial charge in [-0.25, -0.2) is 0 Å². The molecule has 0 saturated heterocycles. The Hall–Kier alpha value is -1.75. The Kier molecular flexibility index (Phi) is 48.5. The van der Waals surface area contributed by atoms with Crippen molar-refractivity contribution in [3.63, 3.8) is 0 Å². The summed E-state index contributed by atoms with van der Waals surface area (Å²) in [6.45, 7) is 0. The summed E-state index contributed by atoms with van der Waals surface area (Å²) in [5.74, 6) is -9.99. The maximum absolute atomic E-state index is 9.85. The number of carboxylic acid groups (broad SMARTS) is 8. The number of aliphatic carboxylic acids is 8. The average molecular weight is 958 g/mol. The summed E-state index contributed by atoms with van der Waals surface area (Å²) in [7, 11) is 0. The Bertz CT molecular complexity index is 677. The van der Waals surface area contributed by atoms with Gasteiger partial charge in [0.25, 0.3) is 0 Å². The zero-order valence-electron chi connectivity index (χ0n) is 19.6. The van der Waals surface area contributed by atoms with Gasteiger partial charge in [-0.2, -0.15) is 0 Å². The normalized spacial score (nSPS) is 11.3. The van der Waals surface area contributed by atoms with Crippen LogP contribution >= 0.6 is 0 Å². The number of rotatable bonds is 12. The minimum Gasteiger partial charge on any atom is -0.481 e. The van der Waals surface area contributed by atoms with Crippen LogP contribution in [0.2, 0.25) is 0 Å². The van der Waals surface area contributed by atoms with E-state index in [1.165, 1.54) is 0 Å². The van der Waals surface area contributed by atoms with Crippen LogP contribution in [0, 0.1) is 0 Å². The predicted octanol–water partition coefficient (Wildman–Crippen LogP) is -4.52. The SMILES string of the molecule is N[C@H](CC(=O)O)C(=O)O.N[C@H](CC(=O)O)C(=O)O.N[C@H](CC(=O)O)C(=O)O.N[C@H](CC(=O)O)C(=O)O.[Pd].[Pd].[Pd].[Pd]. The fourth-order valence-corrected chi connectivity index (χ4v) is 1.10. The third kappa shape index (κ3) is 49.2. The van der Waals surface area contributed by atoms with E-state index >= 15 is 0 Å². The van der Waals surface area contributed by atoms with E-state index in [1.54, 1.807) is 0 Å². The quantitative estimate of drug-likeness (QED) is 0.0820. The van der Waals surface area contributed by atoms with E-state index in [4.69, 9.17) is 63.8 Å². The van der Waals surface area contributed by atoms with Gasteiger partial charge in [0.05, 0.1) is 25.7 Å². The van der Waals surface area contributed by atoms with Crippen LogP contribution in [0.4, 0.5) is 0 Å². The van der Waals surface area contributed by atoms with Gasteiger partial charge in [0.15, 0.2) is 0 Å². The van der Waals surface area contributed by atoms with E-state index < -0.39 is 97.6 Å². The Balaban J connectivity index is -0.0000000551. The van der Waals surface area contributed by atoms with Crippen LogP contribution in [0.5, 0.6) is 0 Å². The molecule has 16 N–H and O–H groups in total. The molecule has 0 aromatic heterocycles. The Morgan fingerprint density at radius 3 is 0.475 bits per heavy atom. The molecule has 0 aromatic rings. The van der Waals surface area contributed by atoms with Crippen LogP contribution in [0.1, 0.15) is 25.7 Å². The number of carboxylic acids is 8. The summed E-state index contributed by atoms with van der Waals surface area (Å²) in [4.78, 5) is 78.5. The van der Waals surface area contributed by atoms with E-state index in [1.807, 2.05) is 0 Å². The third-order valence-electron chi connectivity index (χ3n) is 2.85. The van der Waals surface area contributed by atoms with Gasteiger partial charge in [0, 0.05) is 81.7 Å². The first-order valence-electron chi connectivity index (χ1n) is 8.96. The number of hydrogen-bond donors (Lipinski definition) is 12. The van der Waals surface area contributed by atoms with Crippen molar-refractivity contribution in [2.45, 2.75) is 49.9 Å². The van der Waals surface area contributed by atoms with Gasteiger partial charge >= 0.3 is 47.8 Å². The smallest absolute Gasteiger partial charge is 0.321 e. The van der Waals surface area contributed by atoms with Gasteiger partial charge in [0.2, 0.25) is 0 Å². The molecule has 0 fully saturated rings. The van der Waals surface area contributed by atoms with Crippen molar-refractivity contribution < 1.29 is 161 Å². The molecule has 0 aliphatic rings. The predicted molar refractivity (Wildman–Crippen MR) is 111 cm³/mol. The van der Waals surface area contributed by atoms with Crippen molar-refractivity contribution in [3.8, 4) is 0 Å². The van der Waals surface area contributed by atoms with Crippen molar-refractivity contribution in [3.05, 3.63) is 0 Å². The molecule has 0 spiro atoms. The van der Waals surface area contributed by atoms with Gasteiger partial charge in [-0.15, -0.1) is 0 Å². The first-order chi connectivity index (χ1) is 16.1. The van der Waals surface area contributed by atoms with Crippen molar-refractivity contribution in [2.24, 2.45) is 22.9 Å². The summed E-state index contributed by atoms with van der Waals surface area (Å²) >= 11 is 0. The second-order valence-electron chi connectivity index (χ2n) is 6.17. The standard InChI is InChI=1S/4C4H7NO4.4Pd/c4*5-2(4(8)9)1-3(6)7;;;;/h4*2H,1,5H2,(H,6,7)(H,8,9);;;;/t4*2-;;;;/m1111..../s1. The van der Waals surface area contributed by atoms with Crippen LogP contribution in [0.25, 0.3) is 0 Å². The maximum Gasteiger partial charge on any atom is 0.321 e. The van der Waals surface area contributed by atoms with Crippen LogP contribution in [0.15, 0.2) is 0 Å². The van der Waals surface area contributed by atoms with E-state index in [-0.39, 0.29) is 81.7 Å². The summed E-state index contributed by atoms with van der Waals surface area (Å²) in [6, 6.07) is -5.16. The molecule has 0 saturated carbocycles. The summed E-state index contributed by atoms with van der Waals surface area (Å²) in [6.07, 6.45) is -2.13. The first kappa shape index (κ1) is 58.0. The van der Waals surface area contributed by atoms with Crippen LogP contribution in [0.3, 0.4) is 0 Å². The molecule has 0 aliphatic carbocycles. The van der Waals surface area contributed by atoms with Crippen molar-refractivity contribution in [2.75, 3.05) is 0 Å². The molecule has 0 bridgehead atoms. The van der Waals surface area contributed by atoms with Gasteiger partial charge < -0.3 is 63.8 Å². The monoisotopic (exact) mass is 956 g/mol. The van der Waals surface area contributed by atoms with E-state index in [9.17, 15) is 38.4 Å². The molecule has 248 valence electrons. The molecule has 4 atom stereocenters. The topological polar surface area (TPSA) is 402 Å². The molecule has 0 aromatic carbocycles. The average Bonchev–Trinajstić information content (AvgIpc) is 2.67. The van der Waals surface area contributed by atoms with E-state index in [2.05, 4.69) is 0 Å². The van der Waals surface area contributed by atoms with Crippen LogP contribution in [-0.4, -0.2) is 113 Å². The Labute approximate surface area is 279 Å².